The van der Waals surface area contributed by atoms with Crippen molar-refractivity contribution in [3.8, 4) is 11.5 Å². The number of ether oxygens (including phenoxy) is 2. The first kappa shape index (κ1) is 25.0. The summed E-state index contributed by atoms with van der Waals surface area (Å²) < 4.78 is 31.5. The van der Waals surface area contributed by atoms with Gasteiger partial charge in [-0.05, 0) is 74.0 Å². The molecule has 0 fully saturated rings. The van der Waals surface area contributed by atoms with Gasteiger partial charge in [-0.2, -0.15) is 0 Å². The summed E-state index contributed by atoms with van der Waals surface area (Å²) in [6.45, 7) is 7.57. The van der Waals surface area contributed by atoms with E-state index in [2.05, 4.69) is 6.58 Å². The van der Waals surface area contributed by atoms with E-state index >= 15 is 0 Å². The number of nitrogens with zero attached hydrogens (tertiary/aromatic N) is 1. The molecule has 0 radical (unpaired) electrons. The van der Waals surface area contributed by atoms with Crippen molar-refractivity contribution in [2.45, 2.75) is 19.9 Å². The molecule has 0 spiro atoms. The highest BCUT2D eigenvalue weighted by atomic mass is 19.1. The molecule has 3 aromatic carbocycles. The van der Waals surface area contributed by atoms with Gasteiger partial charge in [-0.25, -0.2) is 4.39 Å². The van der Waals surface area contributed by atoms with Gasteiger partial charge in [-0.15, -0.1) is 0 Å². The molecule has 38 heavy (non-hydrogen) atoms. The number of anilines is 1. The van der Waals surface area contributed by atoms with E-state index in [1.807, 2.05) is 6.92 Å². The maximum Gasteiger partial charge on any atom is 0.295 e. The number of fused-ring (bicyclic) bond motifs is 2. The number of hydrogen-bond donors (Lipinski definition) is 0. The molecule has 0 saturated carbocycles. The lowest BCUT2D eigenvalue weighted by Crippen LogP contribution is -2.29. The Labute approximate surface area is 217 Å². The lowest BCUT2D eigenvalue weighted by atomic mass is 9.97. The summed E-state index contributed by atoms with van der Waals surface area (Å²) in [5.41, 5.74) is 1.19. The summed E-state index contributed by atoms with van der Waals surface area (Å²) in [6.07, 6.45) is 1.61. The number of benzene rings is 3. The van der Waals surface area contributed by atoms with E-state index in [0.717, 1.165) is 6.07 Å². The number of carbonyl (C=O) groups is 2. The molecule has 1 aromatic heterocycles. The normalized spacial score (nSPS) is 14.4. The van der Waals surface area contributed by atoms with Crippen molar-refractivity contribution in [3.63, 3.8) is 0 Å². The Hall–Kier alpha value is -4.72. The van der Waals surface area contributed by atoms with Gasteiger partial charge in [0.05, 0.1) is 23.6 Å². The Morgan fingerprint density at radius 2 is 1.82 bits per heavy atom. The van der Waals surface area contributed by atoms with Crippen molar-refractivity contribution in [2.75, 3.05) is 18.1 Å². The number of carbonyl (C=O) groups excluding carboxylic acids is 2. The van der Waals surface area contributed by atoms with Crippen molar-refractivity contribution in [2.24, 2.45) is 0 Å². The van der Waals surface area contributed by atoms with Gasteiger partial charge >= 0.3 is 0 Å². The fourth-order valence-corrected chi connectivity index (χ4v) is 4.61. The highest BCUT2D eigenvalue weighted by Gasteiger charge is 2.44. The standard InChI is InChI=1S/C30H24FNO6/c1-4-14-37-24-12-8-19(15-25(24)36-5-2)27-26-28(34)22-16-20(31)9-13-23(22)38-29(26)30(35)32(27)21-10-6-18(7-11-21)17(3)33/h4,6-13,15-16,27H,1,5,14H2,2-3H3. The number of rotatable bonds is 8. The second-order valence-electron chi connectivity index (χ2n) is 8.73. The number of amides is 1. The van der Waals surface area contributed by atoms with E-state index in [0.29, 0.717) is 34.9 Å². The third-order valence-corrected chi connectivity index (χ3v) is 6.32. The van der Waals surface area contributed by atoms with Crippen molar-refractivity contribution in [1.29, 1.82) is 0 Å². The monoisotopic (exact) mass is 513 g/mol. The molecule has 8 heteroatoms. The fourth-order valence-electron chi connectivity index (χ4n) is 4.61. The van der Waals surface area contributed by atoms with E-state index in [-0.39, 0.29) is 34.7 Å². The van der Waals surface area contributed by atoms with Crippen LogP contribution in [0.3, 0.4) is 0 Å². The molecule has 0 aliphatic carbocycles. The van der Waals surface area contributed by atoms with Crippen LogP contribution in [0, 0.1) is 5.82 Å². The zero-order valence-corrected chi connectivity index (χ0v) is 20.8. The average Bonchev–Trinajstić information content (AvgIpc) is 3.21. The summed E-state index contributed by atoms with van der Waals surface area (Å²) >= 11 is 0. The van der Waals surface area contributed by atoms with Crippen LogP contribution in [0.2, 0.25) is 0 Å². The first-order valence-electron chi connectivity index (χ1n) is 12.0. The molecule has 0 N–H and O–H groups in total. The molecule has 1 unspecified atom stereocenters. The predicted octanol–water partition coefficient (Wildman–Crippen LogP) is 5.85. The van der Waals surface area contributed by atoms with Gasteiger partial charge in [0.15, 0.2) is 22.7 Å². The summed E-state index contributed by atoms with van der Waals surface area (Å²) in [5, 5.41) is 0.0336. The zero-order chi connectivity index (χ0) is 27.0. The molecule has 7 nitrogen and oxygen atoms in total. The van der Waals surface area contributed by atoms with E-state index in [9.17, 15) is 18.8 Å². The molecule has 1 amide bonds. The molecule has 1 aliphatic heterocycles. The third-order valence-electron chi connectivity index (χ3n) is 6.32. The second-order valence-corrected chi connectivity index (χ2v) is 8.73. The van der Waals surface area contributed by atoms with Crippen molar-refractivity contribution >= 4 is 28.3 Å². The molecule has 1 aliphatic rings. The molecule has 2 heterocycles. The molecular formula is C30H24FNO6. The number of halogens is 1. The van der Waals surface area contributed by atoms with Crippen molar-refractivity contribution in [3.05, 3.63) is 112 Å². The highest BCUT2D eigenvalue weighted by molar-refractivity contribution is 6.11. The zero-order valence-electron chi connectivity index (χ0n) is 20.8. The minimum absolute atomic E-state index is 0.0336. The summed E-state index contributed by atoms with van der Waals surface area (Å²) in [4.78, 5) is 40.7. The fraction of sp³-hybridized carbons (Fsp3) is 0.167. The van der Waals surface area contributed by atoms with Gasteiger partial charge in [-0.3, -0.25) is 19.3 Å². The van der Waals surface area contributed by atoms with Crippen LogP contribution in [0.25, 0.3) is 11.0 Å². The quantitative estimate of drug-likeness (QED) is 0.217. The Bertz CT molecular complexity index is 1640. The predicted molar refractivity (Wildman–Crippen MR) is 141 cm³/mol. The van der Waals surface area contributed by atoms with E-state index in [1.165, 1.54) is 24.0 Å². The molecule has 192 valence electrons. The van der Waals surface area contributed by atoms with Crippen LogP contribution in [0.4, 0.5) is 10.1 Å². The Kier molecular flexibility index (Phi) is 6.55. The number of ketones is 1. The van der Waals surface area contributed by atoms with Gasteiger partial charge in [0.1, 0.15) is 18.0 Å². The van der Waals surface area contributed by atoms with Crippen LogP contribution in [-0.4, -0.2) is 24.9 Å². The van der Waals surface area contributed by atoms with Crippen LogP contribution in [0.1, 0.15) is 51.9 Å². The highest BCUT2D eigenvalue weighted by Crippen LogP contribution is 2.43. The SMILES string of the molecule is C=CCOc1ccc(C2c3c(oc4ccc(F)cc4c3=O)C(=O)N2c2ccc(C(C)=O)cc2)cc1OCC. The average molecular weight is 514 g/mol. The smallest absolute Gasteiger partial charge is 0.295 e. The topological polar surface area (TPSA) is 86.0 Å². The van der Waals surface area contributed by atoms with Gasteiger partial charge in [0, 0.05) is 11.3 Å². The van der Waals surface area contributed by atoms with Crippen LogP contribution >= 0.6 is 0 Å². The minimum atomic E-state index is -0.905. The van der Waals surface area contributed by atoms with E-state index in [4.69, 9.17) is 13.9 Å². The molecule has 1 atom stereocenters. The summed E-state index contributed by atoms with van der Waals surface area (Å²) in [7, 11) is 0. The first-order valence-corrected chi connectivity index (χ1v) is 12.0. The van der Waals surface area contributed by atoms with Crippen LogP contribution < -0.4 is 19.8 Å². The minimum Gasteiger partial charge on any atom is -0.490 e. The van der Waals surface area contributed by atoms with Crippen LogP contribution in [0.15, 0.2) is 82.5 Å². The molecule has 0 saturated heterocycles. The summed E-state index contributed by atoms with van der Waals surface area (Å²) in [5.74, 6) is -0.468. The molecule has 0 bridgehead atoms. The Balaban J connectivity index is 1.74. The summed E-state index contributed by atoms with van der Waals surface area (Å²) in [6, 6.07) is 14.4. The molecular weight excluding hydrogens is 489 g/mol. The van der Waals surface area contributed by atoms with Gasteiger partial charge in [0.25, 0.3) is 5.91 Å². The lowest BCUT2D eigenvalue weighted by molar-refractivity contribution is 0.0970. The second kappa shape index (κ2) is 9.97. The Morgan fingerprint density at radius 1 is 1.05 bits per heavy atom. The largest absolute Gasteiger partial charge is 0.490 e. The van der Waals surface area contributed by atoms with E-state index in [1.54, 1.807) is 48.5 Å². The van der Waals surface area contributed by atoms with Crippen LogP contribution in [-0.2, 0) is 0 Å². The molecule has 4 aromatic rings. The maximum atomic E-state index is 14.1. The van der Waals surface area contributed by atoms with Crippen LogP contribution in [0.5, 0.6) is 11.5 Å². The van der Waals surface area contributed by atoms with Crippen molar-refractivity contribution < 1.29 is 27.9 Å². The maximum absolute atomic E-state index is 14.1. The van der Waals surface area contributed by atoms with Gasteiger partial charge in [0.2, 0.25) is 5.76 Å². The van der Waals surface area contributed by atoms with Crippen molar-refractivity contribution in [1.82, 2.24) is 0 Å². The Morgan fingerprint density at radius 3 is 2.50 bits per heavy atom. The number of Topliss-reactive ketones (excluding diaryl/α,β-unsaturated/α-hetero) is 1. The van der Waals surface area contributed by atoms with Gasteiger partial charge in [-0.1, -0.05) is 18.7 Å². The molecule has 5 rings (SSSR count). The lowest BCUT2D eigenvalue weighted by Gasteiger charge is -2.26. The van der Waals surface area contributed by atoms with Gasteiger partial charge < -0.3 is 13.9 Å². The first-order chi connectivity index (χ1) is 18.3. The third kappa shape index (κ3) is 4.24. The number of hydrogen-bond acceptors (Lipinski definition) is 6. The van der Waals surface area contributed by atoms with E-state index < -0.39 is 23.2 Å².